The van der Waals surface area contributed by atoms with Gasteiger partial charge in [-0.05, 0) is 44.0 Å². The van der Waals surface area contributed by atoms with E-state index in [1.807, 2.05) is 12.3 Å². The fourth-order valence-electron chi connectivity index (χ4n) is 2.06. The number of hydrogen-bond donors (Lipinski definition) is 2. The van der Waals surface area contributed by atoms with E-state index in [4.69, 9.17) is 0 Å². The highest BCUT2D eigenvalue weighted by molar-refractivity contribution is 7.09. The van der Waals surface area contributed by atoms with Crippen LogP contribution in [0.1, 0.15) is 33.9 Å². The molecular weight excluding hydrogens is 298 g/mol. The minimum atomic E-state index is -0.111. The number of carbonyl (C=O) groups is 2. The van der Waals surface area contributed by atoms with Gasteiger partial charge in [-0.25, -0.2) is 4.98 Å². The van der Waals surface area contributed by atoms with Gasteiger partial charge in [-0.1, -0.05) is 0 Å². The zero-order chi connectivity index (χ0) is 15.5. The molecule has 1 aromatic heterocycles. The summed E-state index contributed by atoms with van der Waals surface area (Å²) in [5, 5.41) is 8.59. The zero-order valence-corrected chi connectivity index (χ0v) is 13.1. The second-order valence-corrected chi connectivity index (χ2v) is 6.47. The van der Waals surface area contributed by atoms with Crippen molar-refractivity contribution in [1.29, 1.82) is 0 Å². The Morgan fingerprint density at radius 1 is 1.27 bits per heavy atom. The van der Waals surface area contributed by atoms with E-state index in [2.05, 4.69) is 15.6 Å². The number of thiazole rings is 1. The number of hydrogen-bond acceptors (Lipinski definition) is 4. The van der Waals surface area contributed by atoms with E-state index >= 15 is 0 Å². The van der Waals surface area contributed by atoms with Crippen LogP contribution in [0.15, 0.2) is 29.6 Å². The number of nitrogens with one attached hydrogen (secondary N) is 2. The number of anilines is 1. The maximum Gasteiger partial charge on any atom is 0.251 e. The lowest BCUT2D eigenvalue weighted by atomic mass is 10.2. The molecule has 1 heterocycles. The third kappa shape index (κ3) is 3.92. The van der Waals surface area contributed by atoms with Gasteiger partial charge in [0, 0.05) is 22.7 Å². The Bertz CT molecular complexity index is 690. The van der Waals surface area contributed by atoms with E-state index in [0.717, 1.165) is 23.5 Å². The van der Waals surface area contributed by atoms with Crippen LogP contribution in [0.2, 0.25) is 0 Å². The smallest absolute Gasteiger partial charge is 0.251 e. The molecule has 114 valence electrons. The summed E-state index contributed by atoms with van der Waals surface area (Å²) >= 11 is 1.53. The molecule has 6 heteroatoms. The molecule has 1 aromatic carbocycles. The second kappa shape index (κ2) is 6.27. The molecule has 5 nitrogen and oxygen atoms in total. The molecule has 2 amide bonds. The third-order valence-electron chi connectivity index (χ3n) is 3.35. The average molecular weight is 315 g/mol. The van der Waals surface area contributed by atoms with Crippen LogP contribution in [0, 0.1) is 6.92 Å². The summed E-state index contributed by atoms with van der Waals surface area (Å²) in [7, 11) is 0. The maximum atomic E-state index is 11.9. The minimum absolute atomic E-state index is 0.0571. The first-order valence-electron chi connectivity index (χ1n) is 7.22. The Morgan fingerprint density at radius 3 is 2.59 bits per heavy atom. The fraction of sp³-hybridized carbons (Fsp3) is 0.312. The zero-order valence-electron chi connectivity index (χ0n) is 12.3. The van der Waals surface area contributed by atoms with E-state index in [9.17, 15) is 9.59 Å². The first-order chi connectivity index (χ1) is 10.6. The van der Waals surface area contributed by atoms with Gasteiger partial charge in [-0.3, -0.25) is 9.59 Å². The molecule has 1 aliphatic carbocycles. The molecule has 0 aliphatic heterocycles. The van der Waals surface area contributed by atoms with Crippen LogP contribution in [0.25, 0.3) is 0 Å². The maximum absolute atomic E-state index is 11.9. The van der Waals surface area contributed by atoms with Crippen LogP contribution < -0.4 is 10.6 Å². The summed E-state index contributed by atoms with van der Waals surface area (Å²) in [6.45, 7) is 1.91. The highest BCUT2D eigenvalue weighted by Crippen LogP contribution is 2.19. The summed E-state index contributed by atoms with van der Waals surface area (Å²) in [5.74, 6) is -0.168. The molecule has 1 saturated carbocycles. The number of nitrogens with zero attached hydrogens (tertiary/aromatic N) is 1. The number of aryl methyl sites for hydroxylation is 1. The first-order valence-corrected chi connectivity index (χ1v) is 8.10. The largest absolute Gasteiger partial charge is 0.349 e. The van der Waals surface area contributed by atoms with Gasteiger partial charge in [0.1, 0.15) is 0 Å². The Morgan fingerprint density at radius 2 is 2.00 bits per heavy atom. The van der Waals surface area contributed by atoms with Gasteiger partial charge in [0.05, 0.1) is 17.1 Å². The molecular formula is C16H17N3O2S. The van der Waals surface area contributed by atoms with Crippen molar-refractivity contribution in [3.05, 3.63) is 45.9 Å². The molecule has 22 heavy (non-hydrogen) atoms. The number of benzene rings is 1. The number of rotatable bonds is 5. The average Bonchev–Trinajstić information content (AvgIpc) is 3.21. The molecule has 2 N–H and O–H groups in total. The predicted molar refractivity (Wildman–Crippen MR) is 86.1 cm³/mol. The fourth-order valence-corrected chi connectivity index (χ4v) is 2.67. The molecule has 0 saturated heterocycles. The van der Waals surface area contributed by atoms with Crippen LogP contribution in [-0.2, 0) is 11.2 Å². The summed E-state index contributed by atoms with van der Waals surface area (Å²) in [6, 6.07) is 7.27. The number of amides is 2. The van der Waals surface area contributed by atoms with Crippen molar-refractivity contribution in [2.24, 2.45) is 0 Å². The third-order valence-corrected chi connectivity index (χ3v) is 4.17. The second-order valence-electron chi connectivity index (χ2n) is 5.41. The molecule has 0 bridgehead atoms. The van der Waals surface area contributed by atoms with Crippen LogP contribution in [0.5, 0.6) is 0 Å². The van der Waals surface area contributed by atoms with Crippen molar-refractivity contribution >= 4 is 28.8 Å². The first kappa shape index (κ1) is 14.7. The van der Waals surface area contributed by atoms with Crippen molar-refractivity contribution in [2.75, 3.05) is 5.32 Å². The normalized spacial score (nSPS) is 13.7. The number of aromatic nitrogens is 1. The molecule has 1 aliphatic rings. The monoisotopic (exact) mass is 315 g/mol. The van der Waals surface area contributed by atoms with E-state index in [1.54, 1.807) is 24.3 Å². The van der Waals surface area contributed by atoms with Crippen molar-refractivity contribution in [3.8, 4) is 0 Å². The van der Waals surface area contributed by atoms with Gasteiger partial charge in [0.15, 0.2) is 0 Å². The van der Waals surface area contributed by atoms with Crippen LogP contribution in [0.3, 0.4) is 0 Å². The van der Waals surface area contributed by atoms with Crippen LogP contribution >= 0.6 is 11.3 Å². The number of carbonyl (C=O) groups excluding carboxylic acids is 2. The minimum Gasteiger partial charge on any atom is -0.349 e. The highest BCUT2D eigenvalue weighted by Gasteiger charge is 2.23. The van der Waals surface area contributed by atoms with E-state index < -0.39 is 0 Å². The SMILES string of the molecule is Cc1nc(CC(=O)Nc2ccc(C(=O)NC3CC3)cc2)cs1. The molecule has 2 aromatic rings. The van der Waals surface area contributed by atoms with E-state index in [-0.39, 0.29) is 18.2 Å². The molecule has 0 unspecified atom stereocenters. The molecule has 0 atom stereocenters. The van der Waals surface area contributed by atoms with Gasteiger partial charge in [0.2, 0.25) is 5.91 Å². The molecule has 3 rings (SSSR count). The Balaban J connectivity index is 1.55. The standard InChI is InChI=1S/C16H17N3O2S/c1-10-17-14(9-22-10)8-15(20)18-12-4-2-11(3-5-12)16(21)19-13-6-7-13/h2-5,9,13H,6-8H2,1H3,(H,18,20)(H,19,21). The van der Waals surface area contributed by atoms with Crippen molar-refractivity contribution < 1.29 is 9.59 Å². The van der Waals surface area contributed by atoms with Gasteiger partial charge < -0.3 is 10.6 Å². The van der Waals surface area contributed by atoms with Crippen LogP contribution in [0.4, 0.5) is 5.69 Å². The summed E-state index contributed by atoms with van der Waals surface area (Å²) < 4.78 is 0. The highest BCUT2D eigenvalue weighted by atomic mass is 32.1. The van der Waals surface area contributed by atoms with Gasteiger partial charge in [-0.2, -0.15) is 0 Å². The summed E-state index contributed by atoms with van der Waals surface area (Å²) in [6.07, 6.45) is 2.39. The van der Waals surface area contributed by atoms with Gasteiger partial charge >= 0.3 is 0 Å². The quantitative estimate of drug-likeness (QED) is 0.890. The lowest BCUT2D eigenvalue weighted by Gasteiger charge is -2.06. The summed E-state index contributed by atoms with van der Waals surface area (Å²) in [4.78, 5) is 28.1. The van der Waals surface area contributed by atoms with E-state index in [0.29, 0.717) is 17.3 Å². The predicted octanol–water partition coefficient (Wildman–Crippen LogP) is 2.52. The molecule has 0 radical (unpaired) electrons. The van der Waals surface area contributed by atoms with Gasteiger partial charge in [0.25, 0.3) is 5.91 Å². The topological polar surface area (TPSA) is 71.1 Å². The Hall–Kier alpha value is -2.21. The summed E-state index contributed by atoms with van der Waals surface area (Å²) in [5.41, 5.74) is 2.07. The molecule has 1 fully saturated rings. The Labute approximate surface area is 132 Å². The lowest BCUT2D eigenvalue weighted by Crippen LogP contribution is -2.25. The lowest BCUT2D eigenvalue weighted by molar-refractivity contribution is -0.115. The van der Waals surface area contributed by atoms with E-state index in [1.165, 1.54) is 11.3 Å². The van der Waals surface area contributed by atoms with Crippen molar-refractivity contribution in [3.63, 3.8) is 0 Å². The van der Waals surface area contributed by atoms with Crippen LogP contribution in [-0.4, -0.2) is 22.8 Å². The van der Waals surface area contributed by atoms with Crippen molar-refractivity contribution in [2.45, 2.75) is 32.2 Å². The Kier molecular flexibility index (Phi) is 4.20. The van der Waals surface area contributed by atoms with Crippen molar-refractivity contribution in [1.82, 2.24) is 10.3 Å². The molecule has 0 spiro atoms. The van der Waals surface area contributed by atoms with Gasteiger partial charge in [-0.15, -0.1) is 11.3 Å².